The van der Waals surface area contributed by atoms with Crippen LogP contribution in [0.1, 0.15) is 49.4 Å². The number of hydrogen-bond donors (Lipinski definition) is 2. The van der Waals surface area contributed by atoms with E-state index in [4.69, 9.17) is 14.5 Å². The average Bonchev–Trinajstić information content (AvgIpc) is 3.42. The van der Waals surface area contributed by atoms with Crippen LogP contribution in [0, 0.1) is 24.2 Å². The fourth-order valence-electron chi connectivity index (χ4n) is 5.01. The first-order valence-corrected chi connectivity index (χ1v) is 12.2. The summed E-state index contributed by atoms with van der Waals surface area (Å²) in [6.45, 7) is 8.99. The molecule has 4 heterocycles. The summed E-state index contributed by atoms with van der Waals surface area (Å²) in [5.41, 5.74) is 5.82. The van der Waals surface area contributed by atoms with Crippen molar-refractivity contribution in [3.63, 3.8) is 0 Å². The molecule has 3 aromatic heterocycles. The van der Waals surface area contributed by atoms with E-state index in [1.807, 2.05) is 6.92 Å². The number of imidazole rings is 1. The number of aromatic nitrogens is 4. The second-order valence-electron chi connectivity index (χ2n) is 9.92. The van der Waals surface area contributed by atoms with Gasteiger partial charge in [0.25, 0.3) is 0 Å². The molecule has 8 heteroatoms. The third kappa shape index (κ3) is 4.10. The van der Waals surface area contributed by atoms with Gasteiger partial charge in [0.1, 0.15) is 23.0 Å². The van der Waals surface area contributed by atoms with Crippen LogP contribution in [0.3, 0.4) is 0 Å². The Bertz CT molecular complexity index is 1420. The molecule has 5 rings (SSSR count). The van der Waals surface area contributed by atoms with Crippen molar-refractivity contribution >= 4 is 21.9 Å². The molecule has 0 amide bonds. The number of piperidine rings is 1. The summed E-state index contributed by atoms with van der Waals surface area (Å²) in [7, 11) is 3.77. The number of aryl methyl sites for hydroxylation is 1. The molecule has 0 unspecified atom stereocenters. The predicted octanol–water partition coefficient (Wildman–Crippen LogP) is 5.14. The average molecular weight is 473 g/mol. The van der Waals surface area contributed by atoms with Crippen LogP contribution in [0.4, 0.5) is 0 Å². The van der Waals surface area contributed by atoms with Gasteiger partial charge in [-0.25, -0.2) is 9.97 Å². The van der Waals surface area contributed by atoms with Crippen LogP contribution in [0.15, 0.2) is 18.3 Å². The van der Waals surface area contributed by atoms with Gasteiger partial charge in [0, 0.05) is 17.3 Å². The number of likely N-dealkylation sites (tertiary alicyclic amines) is 1. The van der Waals surface area contributed by atoms with Crippen LogP contribution < -0.4 is 9.47 Å². The largest absolute Gasteiger partial charge is 0.491 e. The number of methoxy groups -OCH3 is 1. The molecule has 4 aromatic rings. The number of nitrogens with zero attached hydrogens (tertiary/aromatic N) is 4. The van der Waals surface area contributed by atoms with Crippen molar-refractivity contribution in [1.29, 1.82) is 5.26 Å². The summed E-state index contributed by atoms with van der Waals surface area (Å²) < 4.78 is 12.0. The van der Waals surface area contributed by atoms with Crippen LogP contribution in [-0.4, -0.2) is 58.7 Å². The van der Waals surface area contributed by atoms with E-state index >= 15 is 0 Å². The van der Waals surface area contributed by atoms with Crippen molar-refractivity contribution in [1.82, 2.24) is 24.8 Å². The van der Waals surface area contributed by atoms with Gasteiger partial charge >= 0.3 is 0 Å². The zero-order valence-electron chi connectivity index (χ0n) is 21.0. The van der Waals surface area contributed by atoms with Gasteiger partial charge in [0.2, 0.25) is 5.88 Å². The van der Waals surface area contributed by atoms with E-state index in [9.17, 15) is 5.26 Å². The Kier molecular flexibility index (Phi) is 6.12. The first-order chi connectivity index (χ1) is 16.9. The molecular weight excluding hydrogens is 440 g/mol. The minimum Gasteiger partial charge on any atom is -0.491 e. The van der Waals surface area contributed by atoms with E-state index in [-0.39, 0.29) is 0 Å². The van der Waals surface area contributed by atoms with E-state index in [2.05, 4.69) is 58.9 Å². The molecule has 35 heavy (non-hydrogen) atoms. The standard InChI is InChI=1S/C27H32N6O2/c1-15(2)14-35-25-18(17-8-10-33(4)11-9-17)6-7-21-24(25)32-26(31-21)22-23-20(13-29-27(22)34-5)19(12-28)16(3)30-23/h6-7,13,15,17,30H,8-11,14H2,1-5H3,(H,31,32). The number of aromatic amines is 2. The Morgan fingerprint density at radius 1 is 1.23 bits per heavy atom. The Morgan fingerprint density at radius 2 is 2.00 bits per heavy atom. The molecule has 1 saturated heterocycles. The SMILES string of the molecule is COc1ncc2c(C#N)c(C)[nH]c2c1-c1nc2c(OCC(C)C)c(C3CCN(C)CC3)ccc2[nH]1. The summed E-state index contributed by atoms with van der Waals surface area (Å²) in [6, 6.07) is 6.57. The number of ether oxygens (including phenoxy) is 2. The molecule has 1 aliphatic rings. The summed E-state index contributed by atoms with van der Waals surface area (Å²) in [5.74, 6) is 2.80. The fourth-order valence-corrected chi connectivity index (χ4v) is 5.01. The highest BCUT2D eigenvalue weighted by Crippen LogP contribution is 2.41. The first kappa shape index (κ1) is 23.2. The van der Waals surface area contributed by atoms with Crippen molar-refractivity contribution in [2.45, 2.75) is 39.5 Å². The molecule has 0 spiro atoms. The Balaban J connectivity index is 1.69. The lowest BCUT2D eigenvalue weighted by molar-refractivity contribution is 0.243. The van der Waals surface area contributed by atoms with Crippen LogP contribution in [0.5, 0.6) is 11.6 Å². The topological polar surface area (TPSA) is 103 Å². The Hall–Kier alpha value is -3.57. The fraction of sp³-hybridized carbons (Fsp3) is 0.444. The zero-order valence-corrected chi connectivity index (χ0v) is 21.0. The van der Waals surface area contributed by atoms with Crippen LogP contribution in [0.25, 0.3) is 33.3 Å². The second-order valence-corrected chi connectivity index (χ2v) is 9.92. The highest BCUT2D eigenvalue weighted by atomic mass is 16.5. The van der Waals surface area contributed by atoms with Crippen molar-refractivity contribution in [3.05, 3.63) is 35.2 Å². The quantitative estimate of drug-likeness (QED) is 0.403. The predicted molar refractivity (Wildman–Crippen MR) is 137 cm³/mol. The number of hydrogen-bond acceptors (Lipinski definition) is 6. The van der Waals surface area contributed by atoms with E-state index in [0.717, 1.165) is 59.3 Å². The lowest BCUT2D eigenvalue weighted by Crippen LogP contribution is -2.29. The van der Waals surface area contributed by atoms with Gasteiger partial charge in [-0.05, 0) is 63.4 Å². The maximum Gasteiger partial charge on any atom is 0.226 e. The number of rotatable bonds is 6. The highest BCUT2D eigenvalue weighted by molar-refractivity contribution is 6.00. The van der Waals surface area contributed by atoms with Gasteiger partial charge in [-0.15, -0.1) is 0 Å². The van der Waals surface area contributed by atoms with Crippen molar-refractivity contribution in [2.75, 3.05) is 33.9 Å². The third-order valence-electron chi connectivity index (χ3n) is 6.90. The van der Waals surface area contributed by atoms with Gasteiger partial charge in [0.05, 0.1) is 30.3 Å². The number of pyridine rings is 1. The number of fused-ring (bicyclic) bond motifs is 2. The van der Waals surface area contributed by atoms with Crippen LogP contribution >= 0.6 is 0 Å². The molecule has 0 aliphatic carbocycles. The molecule has 1 aromatic carbocycles. The van der Waals surface area contributed by atoms with E-state index < -0.39 is 0 Å². The van der Waals surface area contributed by atoms with Crippen LogP contribution in [-0.2, 0) is 0 Å². The second kappa shape index (κ2) is 9.23. The number of H-pyrrole nitrogens is 2. The first-order valence-electron chi connectivity index (χ1n) is 12.2. The summed E-state index contributed by atoms with van der Waals surface area (Å²) in [5, 5.41) is 10.4. The number of benzene rings is 1. The molecule has 1 fully saturated rings. The maximum absolute atomic E-state index is 9.65. The minimum absolute atomic E-state index is 0.401. The molecule has 0 saturated carbocycles. The summed E-state index contributed by atoms with van der Waals surface area (Å²) >= 11 is 0. The van der Waals surface area contributed by atoms with Crippen molar-refractivity contribution in [2.24, 2.45) is 5.92 Å². The zero-order chi connectivity index (χ0) is 24.7. The molecule has 2 N–H and O–H groups in total. The van der Waals surface area contributed by atoms with Gasteiger partial charge in [0.15, 0.2) is 5.75 Å². The Labute approximate surface area is 205 Å². The number of nitriles is 1. The smallest absolute Gasteiger partial charge is 0.226 e. The maximum atomic E-state index is 9.65. The van der Waals surface area contributed by atoms with E-state index in [1.54, 1.807) is 13.3 Å². The third-order valence-corrected chi connectivity index (χ3v) is 6.90. The molecule has 0 radical (unpaired) electrons. The summed E-state index contributed by atoms with van der Waals surface area (Å²) in [4.78, 5) is 18.7. The normalized spacial score (nSPS) is 15.2. The highest BCUT2D eigenvalue weighted by Gasteiger charge is 2.26. The van der Waals surface area contributed by atoms with Crippen molar-refractivity contribution in [3.8, 4) is 29.1 Å². The lowest BCUT2D eigenvalue weighted by atomic mass is 9.88. The van der Waals surface area contributed by atoms with Crippen molar-refractivity contribution < 1.29 is 9.47 Å². The minimum atomic E-state index is 0.401. The summed E-state index contributed by atoms with van der Waals surface area (Å²) in [6.07, 6.45) is 3.89. The lowest BCUT2D eigenvalue weighted by Gasteiger charge is -2.30. The Morgan fingerprint density at radius 3 is 2.69 bits per heavy atom. The molecule has 182 valence electrons. The molecule has 8 nitrogen and oxygen atoms in total. The molecule has 0 atom stereocenters. The van der Waals surface area contributed by atoms with Crippen LogP contribution in [0.2, 0.25) is 0 Å². The van der Waals surface area contributed by atoms with Gasteiger partial charge in [-0.1, -0.05) is 19.9 Å². The van der Waals surface area contributed by atoms with Gasteiger partial charge in [-0.3, -0.25) is 0 Å². The molecule has 1 aliphatic heterocycles. The van der Waals surface area contributed by atoms with Gasteiger partial charge in [-0.2, -0.15) is 5.26 Å². The monoisotopic (exact) mass is 472 g/mol. The van der Waals surface area contributed by atoms with Gasteiger partial charge < -0.3 is 24.3 Å². The molecule has 0 bridgehead atoms. The number of nitrogens with one attached hydrogen (secondary N) is 2. The van der Waals surface area contributed by atoms with E-state index in [1.165, 1.54) is 5.56 Å². The molecular formula is C27H32N6O2. The van der Waals surface area contributed by atoms with E-state index in [0.29, 0.717) is 41.3 Å².